The summed E-state index contributed by atoms with van der Waals surface area (Å²) >= 11 is 0. The van der Waals surface area contributed by atoms with Gasteiger partial charge in [0, 0.05) is 5.56 Å². The second-order valence-corrected chi connectivity index (χ2v) is 2.65. The van der Waals surface area contributed by atoms with E-state index in [4.69, 9.17) is 0 Å². The predicted molar refractivity (Wildman–Crippen MR) is 42.7 cm³/mol. The monoisotopic (exact) mass is 222 g/mol. The molecular formula is C9H6F4O2. The summed E-state index contributed by atoms with van der Waals surface area (Å²) in [6.07, 6.45) is -3.07. The number of benzene rings is 1. The smallest absolute Gasteiger partial charge is 0.338 e. The topological polar surface area (TPSA) is 26.3 Å². The van der Waals surface area contributed by atoms with E-state index in [0.29, 0.717) is 6.07 Å². The Bertz CT molecular complexity index is 390. The van der Waals surface area contributed by atoms with Crippen LogP contribution in [0.25, 0.3) is 0 Å². The molecule has 0 bridgehead atoms. The average molecular weight is 222 g/mol. The molecule has 6 heteroatoms. The van der Waals surface area contributed by atoms with Crippen molar-refractivity contribution in [2.45, 2.75) is 6.43 Å². The molecule has 0 heterocycles. The van der Waals surface area contributed by atoms with Crippen LogP contribution in [-0.4, -0.2) is 13.1 Å². The van der Waals surface area contributed by atoms with Crippen LogP contribution in [0.5, 0.6) is 0 Å². The van der Waals surface area contributed by atoms with E-state index in [2.05, 4.69) is 4.74 Å². The fourth-order valence-corrected chi connectivity index (χ4v) is 1.03. The Morgan fingerprint density at radius 1 is 1.27 bits per heavy atom. The Kier molecular flexibility index (Phi) is 3.28. The molecule has 0 aromatic heterocycles. The Morgan fingerprint density at radius 2 is 1.80 bits per heavy atom. The van der Waals surface area contributed by atoms with Crippen LogP contribution in [0.1, 0.15) is 22.3 Å². The number of carbonyl (C=O) groups is 1. The van der Waals surface area contributed by atoms with Crippen LogP contribution in [0.3, 0.4) is 0 Å². The van der Waals surface area contributed by atoms with Gasteiger partial charge in [0.15, 0.2) is 11.6 Å². The summed E-state index contributed by atoms with van der Waals surface area (Å²) < 4.78 is 54.2. The summed E-state index contributed by atoms with van der Waals surface area (Å²) in [5, 5.41) is 0. The maximum atomic E-state index is 12.7. The van der Waals surface area contributed by atoms with E-state index in [1.165, 1.54) is 0 Å². The normalized spacial score (nSPS) is 10.5. The molecule has 0 aliphatic heterocycles. The lowest BCUT2D eigenvalue weighted by Crippen LogP contribution is -2.08. The number of esters is 1. The van der Waals surface area contributed by atoms with Crippen molar-refractivity contribution in [3.05, 3.63) is 34.9 Å². The molecule has 0 N–H and O–H groups in total. The van der Waals surface area contributed by atoms with Crippen LogP contribution in [0.4, 0.5) is 17.6 Å². The Hall–Kier alpha value is -1.59. The second kappa shape index (κ2) is 4.29. The van der Waals surface area contributed by atoms with Gasteiger partial charge >= 0.3 is 5.97 Å². The summed E-state index contributed by atoms with van der Waals surface area (Å²) in [6, 6.07) is 0.676. The molecule has 0 spiro atoms. The first-order chi connectivity index (χ1) is 6.97. The molecule has 1 aromatic carbocycles. The van der Waals surface area contributed by atoms with E-state index in [-0.39, 0.29) is 6.07 Å². The maximum absolute atomic E-state index is 12.7. The SMILES string of the molecule is COC(=O)c1cc(F)c(F)cc1C(F)F. The highest BCUT2D eigenvalue weighted by Crippen LogP contribution is 2.25. The van der Waals surface area contributed by atoms with Gasteiger partial charge < -0.3 is 4.74 Å². The largest absolute Gasteiger partial charge is 0.465 e. The molecule has 2 nitrogen and oxygen atoms in total. The zero-order valence-electron chi connectivity index (χ0n) is 7.56. The molecule has 1 rings (SSSR count). The molecule has 0 fully saturated rings. The van der Waals surface area contributed by atoms with E-state index in [1.807, 2.05) is 0 Å². The Labute approximate surface area is 82.5 Å². The lowest BCUT2D eigenvalue weighted by molar-refractivity contribution is 0.0588. The number of methoxy groups -OCH3 is 1. The van der Waals surface area contributed by atoms with Gasteiger partial charge in [-0.25, -0.2) is 22.4 Å². The minimum atomic E-state index is -3.07. The number of halogens is 4. The van der Waals surface area contributed by atoms with Crippen molar-refractivity contribution in [1.29, 1.82) is 0 Å². The summed E-state index contributed by atoms with van der Waals surface area (Å²) in [6.45, 7) is 0. The van der Waals surface area contributed by atoms with Gasteiger partial charge in [0.05, 0.1) is 12.7 Å². The van der Waals surface area contributed by atoms with Crippen LogP contribution in [0, 0.1) is 11.6 Å². The van der Waals surface area contributed by atoms with Crippen LogP contribution in [-0.2, 0) is 4.74 Å². The fraction of sp³-hybridized carbons (Fsp3) is 0.222. The third kappa shape index (κ3) is 2.26. The molecular weight excluding hydrogens is 216 g/mol. The van der Waals surface area contributed by atoms with Crippen molar-refractivity contribution < 1.29 is 27.1 Å². The highest BCUT2D eigenvalue weighted by atomic mass is 19.3. The summed E-state index contributed by atoms with van der Waals surface area (Å²) in [5.74, 6) is -3.94. The maximum Gasteiger partial charge on any atom is 0.338 e. The van der Waals surface area contributed by atoms with Crippen molar-refractivity contribution in [2.75, 3.05) is 7.11 Å². The zero-order valence-corrected chi connectivity index (χ0v) is 7.56. The first kappa shape index (κ1) is 11.5. The van der Waals surface area contributed by atoms with E-state index >= 15 is 0 Å². The molecule has 0 amide bonds. The summed E-state index contributed by atoms with van der Waals surface area (Å²) in [5.41, 5.74) is -1.56. The number of rotatable bonds is 2. The first-order valence-corrected chi connectivity index (χ1v) is 3.82. The van der Waals surface area contributed by atoms with Crippen molar-refractivity contribution in [3.8, 4) is 0 Å². The highest BCUT2D eigenvalue weighted by molar-refractivity contribution is 5.91. The van der Waals surface area contributed by atoms with Gasteiger partial charge in [-0.2, -0.15) is 0 Å². The van der Waals surface area contributed by atoms with Crippen LogP contribution in [0.2, 0.25) is 0 Å². The predicted octanol–water partition coefficient (Wildman–Crippen LogP) is 2.69. The standard InChI is InChI=1S/C9H6F4O2/c1-15-9(14)5-3-7(11)6(10)2-4(5)8(12)13/h2-3,8H,1H3. The Balaban J connectivity index is 3.34. The second-order valence-electron chi connectivity index (χ2n) is 2.65. The zero-order chi connectivity index (χ0) is 11.6. The average Bonchev–Trinajstić information content (AvgIpc) is 2.20. The molecule has 0 aliphatic rings. The highest BCUT2D eigenvalue weighted by Gasteiger charge is 2.22. The fourth-order valence-electron chi connectivity index (χ4n) is 1.03. The molecule has 0 atom stereocenters. The van der Waals surface area contributed by atoms with Gasteiger partial charge in [0.25, 0.3) is 6.43 Å². The number of ether oxygens (including phenoxy) is 1. The first-order valence-electron chi connectivity index (χ1n) is 3.82. The van der Waals surface area contributed by atoms with Gasteiger partial charge in [0.2, 0.25) is 0 Å². The van der Waals surface area contributed by atoms with Crippen molar-refractivity contribution in [1.82, 2.24) is 0 Å². The number of alkyl halides is 2. The van der Waals surface area contributed by atoms with Gasteiger partial charge in [-0.05, 0) is 12.1 Å². The number of carbonyl (C=O) groups excluding carboxylic acids is 1. The minimum absolute atomic E-state index is 0.284. The van der Waals surface area contributed by atoms with Crippen LogP contribution >= 0.6 is 0 Å². The van der Waals surface area contributed by atoms with Crippen molar-refractivity contribution >= 4 is 5.97 Å². The molecule has 0 saturated carbocycles. The summed E-state index contributed by atoms with van der Waals surface area (Å²) in [4.78, 5) is 11.0. The van der Waals surface area contributed by atoms with Crippen molar-refractivity contribution in [2.24, 2.45) is 0 Å². The van der Waals surface area contributed by atoms with Gasteiger partial charge in [0.1, 0.15) is 0 Å². The lowest BCUT2D eigenvalue weighted by atomic mass is 10.1. The lowest BCUT2D eigenvalue weighted by Gasteiger charge is -2.07. The molecule has 0 unspecified atom stereocenters. The minimum Gasteiger partial charge on any atom is -0.465 e. The third-order valence-electron chi connectivity index (χ3n) is 1.73. The number of hydrogen-bond donors (Lipinski definition) is 0. The molecule has 82 valence electrons. The van der Waals surface area contributed by atoms with Crippen LogP contribution in [0.15, 0.2) is 12.1 Å². The quantitative estimate of drug-likeness (QED) is 0.568. The van der Waals surface area contributed by atoms with E-state index in [9.17, 15) is 22.4 Å². The van der Waals surface area contributed by atoms with E-state index in [0.717, 1.165) is 7.11 Å². The van der Waals surface area contributed by atoms with Crippen LogP contribution < -0.4 is 0 Å². The van der Waals surface area contributed by atoms with Crippen molar-refractivity contribution in [3.63, 3.8) is 0 Å². The molecule has 0 saturated heterocycles. The van der Waals surface area contributed by atoms with Gasteiger partial charge in [-0.3, -0.25) is 0 Å². The number of hydrogen-bond acceptors (Lipinski definition) is 2. The molecule has 15 heavy (non-hydrogen) atoms. The van der Waals surface area contributed by atoms with Gasteiger partial charge in [-0.15, -0.1) is 0 Å². The van der Waals surface area contributed by atoms with E-state index in [1.54, 1.807) is 0 Å². The van der Waals surface area contributed by atoms with E-state index < -0.39 is 35.2 Å². The molecule has 1 aromatic rings. The Morgan fingerprint density at radius 3 is 2.27 bits per heavy atom. The molecule has 0 aliphatic carbocycles. The third-order valence-corrected chi connectivity index (χ3v) is 1.73. The van der Waals surface area contributed by atoms with Gasteiger partial charge in [-0.1, -0.05) is 0 Å². The summed E-state index contributed by atoms with van der Waals surface area (Å²) in [7, 11) is 0.957. The molecule has 0 radical (unpaired) electrons.